The van der Waals surface area contributed by atoms with Crippen molar-refractivity contribution in [2.75, 3.05) is 0 Å². The number of para-hydroxylation sites is 2. The van der Waals surface area contributed by atoms with Gasteiger partial charge < -0.3 is 9.13 Å². The molecule has 63 heavy (non-hydrogen) atoms. The minimum Gasteiger partial charge on any atom is -0.309 e. The van der Waals surface area contributed by atoms with Crippen LogP contribution in [0, 0.1) is 0 Å². The molecule has 292 valence electrons. The zero-order chi connectivity index (χ0) is 41.2. The summed E-state index contributed by atoms with van der Waals surface area (Å²) in [5.74, 6) is 0. The van der Waals surface area contributed by atoms with E-state index in [4.69, 9.17) is 0 Å². The van der Waals surface area contributed by atoms with E-state index in [1.807, 2.05) is 0 Å². The summed E-state index contributed by atoms with van der Waals surface area (Å²) in [5, 5.41) is 4.99. The molecule has 0 N–H and O–H groups in total. The second kappa shape index (κ2) is 12.9. The normalized spacial score (nSPS) is 13.2. The van der Waals surface area contributed by atoms with Crippen LogP contribution in [-0.2, 0) is 5.41 Å². The zero-order valence-electron chi connectivity index (χ0n) is 34.3. The van der Waals surface area contributed by atoms with E-state index in [1.165, 1.54) is 116 Å². The second-order valence-corrected chi connectivity index (χ2v) is 17.2. The molecule has 0 radical (unpaired) electrons. The fraction of sp³-hybridized carbons (Fsp3) is 0.0164. The molecule has 0 fully saturated rings. The van der Waals surface area contributed by atoms with Crippen LogP contribution in [0.5, 0.6) is 0 Å². The largest absolute Gasteiger partial charge is 0.309 e. The fourth-order valence-corrected chi connectivity index (χ4v) is 11.6. The van der Waals surface area contributed by atoms with Gasteiger partial charge >= 0.3 is 0 Å². The standard InChI is InChI=1S/C61H38N2/c1-3-16-39(17-4-1)42-30-33-47-50-37-40(31-34-56(50)62(59(47)38-42)43-18-5-2-6-19-43)41-32-35-57-49(36-41)46-22-10-14-28-55(46)63(57)58-29-15-27-54-60(58)48-23-9-13-26-53(48)61(54)51-24-11-7-20-44(51)45-21-8-12-25-52(45)61/h1-38H. The first-order valence-corrected chi connectivity index (χ1v) is 21.9. The summed E-state index contributed by atoms with van der Waals surface area (Å²) in [6, 6.07) is 85.7. The molecule has 0 saturated heterocycles. The number of hydrogen-bond acceptors (Lipinski definition) is 0. The van der Waals surface area contributed by atoms with E-state index < -0.39 is 5.41 Å². The highest BCUT2D eigenvalue weighted by Crippen LogP contribution is 2.63. The lowest BCUT2D eigenvalue weighted by Crippen LogP contribution is -2.25. The minimum atomic E-state index is -0.396. The van der Waals surface area contributed by atoms with Gasteiger partial charge in [-0.25, -0.2) is 0 Å². The Labute approximate surface area is 365 Å². The maximum atomic E-state index is 2.52. The van der Waals surface area contributed by atoms with Gasteiger partial charge in [0.05, 0.1) is 33.2 Å². The van der Waals surface area contributed by atoms with Crippen LogP contribution in [0.4, 0.5) is 0 Å². The summed E-state index contributed by atoms with van der Waals surface area (Å²) in [5.41, 5.74) is 22.3. The van der Waals surface area contributed by atoms with E-state index in [9.17, 15) is 0 Å². The van der Waals surface area contributed by atoms with Crippen molar-refractivity contribution in [1.29, 1.82) is 0 Å². The third-order valence-electron chi connectivity index (χ3n) is 14.1. The molecule has 2 heteroatoms. The quantitative estimate of drug-likeness (QED) is 0.168. The lowest BCUT2D eigenvalue weighted by molar-refractivity contribution is 0.793. The molecular weight excluding hydrogens is 761 g/mol. The molecule has 12 aromatic rings. The van der Waals surface area contributed by atoms with E-state index >= 15 is 0 Å². The number of fused-ring (bicyclic) bond motifs is 16. The average Bonchev–Trinajstić information content (AvgIpc) is 4.06. The topological polar surface area (TPSA) is 9.86 Å². The summed E-state index contributed by atoms with van der Waals surface area (Å²) in [6.45, 7) is 0. The summed E-state index contributed by atoms with van der Waals surface area (Å²) >= 11 is 0. The van der Waals surface area contributed by atoms with Crippen LogP contribution in [0.15, 0.2) is 231 Å². The van der Waals surface area contributed by atoms with E-state index in [-0.39, 0.29) is 0 Å². The molecule has 14 rings (SSSR count). The van der Waals surface area contributed by atoms with Crippen molar-refractivity contribution in [3.63, 3.8) is 0 Å². The highest BCUT2D eigenvalue weighted by molar-refractivity contribution is 6.14. The maximum absolute atomic E-state index is 2.52. The van der Waals surface area contributed by atoms with Crippen LogP contribution >= 0.6 is 0 Å². The van der Waals surface area contributed by atoms with Crippen molar-refractivity contribution in [3.8, 4) is 55.9 Å². The Hall–Kier alpha value is -8.20. The van der Waals surface area contributed by atoms with Crippen LogP contribution in [0.1, 0.15) is 22.3 Å². The molecule has 2 aromatic heterocycles. The van der Waals surface area contributed by atoms with Crippen LogP contribution in [0.3, 0.4) is 0 Å². The Morgan fingerprint density at radius 1 is 0.270 bits per heavy atom. The first-order chi connectivity index (χ1) is 31.3. The highest BCUT2D eigenvalue weighted by Gasteiger charge is 2.52. The summed E-state index contributed by atoms with van der Waals surface area (Å²) < 4.78 is 4.94. The molecular formula is C61H38N2. The summed E-state index contributed by atoms with van der Waals surface area (Å²) in [7, 11) is 0. The van der Waals surface area contributed by atoms with E-state index in [1.54, 1.807) is 0 Å². The highest BCUT2D eigenvalue weighted by atomic mass is 15.0. The maximum Gasteiger partial charge on any atom is 0.0726 e. The van der Waals surface area contributed by atoms with Gasteiger partial charge in [0, 0.05) is 32.8 Å². The van der Waals surface area contributed by atoms with Gasteiger partial charge in [0.25, 0.3) is 0 Å². The van der Waals surface area contributed by atoms with Gasteiger partial charge in [-0.1, -0.05) is 176 Å². The Kier molecular flexibility index (Phi) is 7.07. The van der Waals surface area contributed by atoms with Gasteiger partial charge in [-0.2, -0.15) is 0 Å². The molecule has 2 aliphatic rings. The van der Waals surface area contributed by atoms with E-state index in [0.717, 1.165) is 5.69 Å². The molecule has 2 nitrogen and oxygen atoms in total. The molecule has 0 amide bonds. The molecule has 1 spiro atoms. The average molecular weight is 799 g/mol. The van der Waals surface area contributed by atoms with Crippen molar-refractivity contribution in [2.24, 2.45) is 0 Å². The van der Waals surface area contributed by atoms with Crippen molar-refractivity contribution in [2.45, 2.75) is 5.41 Å². The smallest absolute Gasteiger partial charge is 0.0726 e. The van der Waals surface area contributed by atoms with Crippen molar-refractivity contribution in [1.82, 2.24) is 9.13 Å². The molecule has 2 heterocycles. The van der Waals surface area contributed by atoms with Crippen LogP contribution in [0.2, 0.25) is 0 Å². The Bertz CT molecular complexity index is 3800. The molecule has 2 aliphatic carbocycles. The van der Waals surface area contributed by atoms with Gasteiger partial charge in [0.15, 0.2) is 0 Å². The number of nitrogens with zero attached hydrogens (tertiary/aromatic N) is 2. The van der Waals surface area contributed by atoms with Crippen LogP contribution < -0.4 is 0 Å². The van der Waals surface area contributed by atoms with Gasteiger partial charge in [-0.15, -0.1) is 0 Å². The summed E-state index contributed by atoms with van der Waals surface area (Å²) in [4.78, 5) is 0. The van der Waals surface area contributed by atoms with Crippen LogP contribution in [-0.4, -0.2) is 9.13 Å². The number of hydrogen-bond donors (Lipinski definition) is 0. The Balaban J connectivity index is 0.975. The molecule has 10 aromatic carbocycles. The fourth-order valence-electron chi connectivity index (χ4n) is 11.6. The van der Waals surface area contributed by atoms with Gasteiger partial charge in [-0.05, 0) is 116 Å². The van der Waals surface area contributed by atoms with Crippen LogP contribution in [0.25, 0.3) is 99.5 Å². The lowest BCUT2D eigenvalue weighted by atomic mass is 9.70. The molecule has 0 aliphatic heterocycles. The van der Waals surface area contributed by atoms with Crippen molar-refractivity contribution >= 4 is 43.6 Å². The monoisotopic (exact) mass is 798 g/mol. The van der Waals surface area contributed by atoms with Crippen molar-refractivity contribution in [3.05, 3.63) is 253 Å². The molecule has 0 saturated carbocycles. The van der Waals surface area contributed by atoms with Crippen molar-refractivity contribution < 1.29 is 0 Å². The summed E-state index contributed by atoms with van der Waals surface area (Å²) in [6.07, 6.45) is 0. The minimum absolute atomic E-state index is 0.396. The second-order valence-electron chi connectivity index (χ2n) is 17.2. The number of aromatic nitrogens is 2. The molecule has 0 unspecified atom stereocenters. The lowest BCUT2D eigenvalue weighted by Gasteiger charge is -2.30. The van der Waals surface area contributed by atoms with Gasteiger partial charge in [0.2, 0.25) is 0 Å². The predicted octanol–water partition coefficient (Wildman–Crippen LogP) is 15.6. The van der Waals surface area contributed by atoms with Gasteiger partial charge in [-0.3, -0.25) is 0 Å². The Morgan fingerprint density at radius 3 is 1.46 bits per heavy atom. The predicted molar refractivity (Wildman–Crippen MR) is 262 cm³/mol. The van der Waals surface area contributed by atoms with Gasteiger partial charge in [0.1, 0.15) is 0 Å². The molecule has 0 atom stereocenters. The number of benzene rings is 10. The first-order valence-electron chi connectivity index (χ1n) is 21.9. The Morgan fingerprint density at radius 2 is 0.762 bits per heavy atom. The van der Waals surface area contributed by atoms with E-state index in [2.05, 4.69) is 240 Å². The van der Waals surface area contributed by atoms with E-state index in [0.29, 0.717) is 0 Å². The third-order valence-corrected chi connectivity index (χ3v) is 14.1. The number of rotatable bonds is 4. The zero-order valence-corrected chi connectivity index (χ0v) is 34.3. The first kappa shape index (κ1) is 34.5. The SMILES string of the molecule is c1ccc(-c2ccc3c4cc(-c5ccc6c(c5)c5ccccc5n6-c5cccc6c5-c5ccccc5C65c6ccccc6-c6ccccc65)ccc4n(-c4ccccc4)c3c2)cc1. The third kappa shape index (κ3) is 4.62. The molecule has 0 bridgehead atoms.